The highest BCUT2D eigenvalue weighted by atomic mass is 16.6. The Kier molecular flexibility index (Phi) is 5.13. The van der Waals surface area contributed by atoms with Crippen molar-refractivity contribution >= 4 is 17.4 Å². The molecular weight excluding hydrogens is 254 g/mol. The highest BCUT2D eigenvalue weighted by molar-refractivity contribution is 5.92. The molecule has 1 aromatic carbocycles. The van der Waals surface area contributed by atoms with Crippen LogP contribution in [0.3, 0.4) is 0 Å². The second kappa shape index (κ2) is 6.41. The van der Waals surface area contributed by atoms with Crippen LogP contribution in [0.1, 0.15) is 31.9 Å². The summed E-state index contributed by atoms with van der Waals surface area (Å²) in [5, 5.41) is 6.49. The van der Waals surface area contributed by atoms with Crippen LogP contribution in [0.4, 0.5) is 5.69 Å². The van der Waals surface area contributed by atoms with E-state index in [1.807, 2.05) is 52.8 Å². The van der Waals surface area contributed by atoms with Gasteiger partial charge >= 0.3 is 0 Å². The highest BCUT2D eigenvalue weighted by Crippen LogP contribution is 2.14. The van der Waals surface area contributed by atoms with Crippen molar-refractivity contribution in [2.75, 3.05) is 11.9 Å². The molecule has 0 aromatic heterocycles. The largest absolute Gasteiger partial charge is 0.384 e. The molecule has 0 saturated carbocycles. The Morgan fingerprint density at radius 3 is 2.50 bits per heavy atom. The predicted molar refractivity (Wildman–Crippen MR) is 81.6 cm³/mol. The number of nitrogens with zero attached hydrogens (tertiary/aromatic N) is 1. The fourth-order valence-corrected chi connectivity index (χ4v) is 1.31. The van der Waals surface area contributed by atoms with Gasteiger partial charge in [0.15, 0.2) is 6.61 Å². The quantitative estimate of drug-likeness (QED) is 0.504. The Bertz CT molecular complexity index is 516. The van der Waals surface area contributed by atoms with Crippen LogP contribution in [0.2, 0.25) is 0 Å². The second-order valence-corrected chi connectivity index (χ2v) is 5.85. The SMILES string of the molecule is Cc1ccc(NC(=O)CO/N=C(\N)C(C)(C)C)cc1C. The van der Waals surface area contributed by atoms with Crippen molar-refractivity contribution in [3.8, 4) is 0 Å². The first-order valence-corrected chi connectivity index (χ1v) is 6.53. The summed E-state index contributed by atoms with van der Waals surface area (Å²) in [6.45, 7) is 9.62. The van der Waals surface area contributed by atoms with Gasteiger partial charge in [-0.3, -0.25) is 4.79 Å². The number of nitrogens with two attached hydrogens (primary N) is 1. The lowest BCUT2D eigenvalue weighted by molar-refractivity contribution is -0.120. The van der Waals surface area contributed by atoms with Crippen molar-refractivity contribution in [1.29, 1.82) is 0 Å². The number of rotatable bonds is 4. The monoisotopic (exact) mass is 277 g/mol. The number of hydrogen-bond donors (Lipinski definition) is 2. The van der Waals surface area contributed by atoms with Gasteiger partial charge in [-0.1, -0.05) is 32.0 Å². The van der Waals surface area contributed by atoms with Gasteiger partial charge in [0.05, 0.1) is 0 Å². The lowest BCUT2D eigenvalue weighted by Crippen LogP contribution is -2.29. The third-order valence-corrected chi connectivity index (χ3v) is 2.92. The van der Waals surface area contributed by atoms with Gasteiger partial charge in [-0.05, 0) is 37.1 Å². The maximum Gasteiger partial charge on any atom is 0.265 e. The molecule has 1 aromatic rings. The van der Waals surface area contributed by atoms with E-state index in [0.717, 1.165) is 11.3 Å². The van der Waals surface area contributed by atoms with Gasteiger partial charge in [-0.2, -0.15) is 0 Å². The Labute approximate surface area is 120 Å². The van der Waals surface area contributed by atoms with Gasteiger partial charge in [-0.15, -0.1) is 0 Å². The first kappa shape index (κ1) is 16.0. The fraction of sp³-hybridized carbons (Fsp3) is 0.467. The van der Waals surface area contributed by atoms with E-state index in [0.29, 0.717) is 5.84 Å². The summed E-state index contributed by atoms with van der Waals surface area (Å²) < 4.78 is 0. The summed E-state index contributed by atoms with van der Waals surface area (Å²) in [4.78, 5) is 16.7. The van der Waals surface area contributed by atoms with Crippen LogP contribution in [0.15, 0.2) is 23.4 Å². The number of aryl methyl sites for hydroxylation is 2. The Hall–Kier alpha value is -2.04. The van der Waals surface area contributed by atoms with E-state index < -0.39 is 0 Å². The van der Waals surface area contributed by atoms with Gasteiger partial charge < -0.3 is 15.9 Å². The molecule has 5 heteroatoms. The molecule has 1 rings (SSSR count). The minimum absolute atomic E-state index is 0.163. The zero-order chi connectivity index (χ0) is 15.3. The Morgan fingerprint density at radius 2 is 1.95 bits per heavy atom. The maximum atomic E-state index is 11.7. The molecule has 0 aliphatic rings. The summed E-state index contributed by atoms with van der Waals surface area (Å²) in [6, 6.07) is 5.73. The van der Waals surface area contributed by atoms with Crippen molar-refractivity contribution in [3.05, 3.63) is 29.3 Å². The first-order chi connectivity index (χ1) is 9.20. The van der Waals surface area contributed by atoms with Crippen LogP contribution in [0.25, 0.3) is 0 Å². The minimum atomic E-state index is -0.273. The molecule has 0 aliphatic heterocycles. The van der Waals surface area contributed by atoms with E-state index in [4.69, 9.17) is 10.6 Å². The summed E-state index contributed by atoms with van der Waals surface area (Å²) >= 11 is 0. The summed E-state index contributed by atoms with van der Waals surface area (Å²) in [6.07, 6.45) is 0. The highest BCUT2D eigenvalue weighted by Gasteiger charge is 2.16. The molecule has 1 amide bonds. The number of amidine groups is 1. The number of anilines is 1. The number of oxime groups is 1. The molecule has 0 bridgehead atoms. The zero-order valence-corrected chi connectivity index (χ0v) is 12.8. The average molecular weight is 277 g/mol. The van der Waals surface area contributed by atoms with Crippen LogP contribution >= 0.6 is 0 Å². The van der Waals surface area contributed by atoms with Gasteiger partial charge in [0, 0.05) is 11.1 Å². The van der Waals surface area contributed by atoms with E-state index >= 15 is 0 Å². The summed E-state index contributed by atoms with van der Waals surface area (Å²) in [5.41, 5.74) is 8.50. The van der Waals surface area contributed by atoms with Gasteiger partial charge in [0.25, 0.3) is 5.91 Å². The lowest BCUT2D eigenvalue weighted by Gasteiger charge is -2.16. The topological polar surface area (TPSA) is 76.7 Å². The van der Waals surface area contributed by atoms with Crippen molar-refractivity contribution < 1.29 is 9.63 Å². The van der Waals surface area contributed by atoms with Crippen LogP contribution in [0, 0.1) is 19.3 Å². The van der Waals surface area contributed by atoms with Gasteiger partial charge in [0.1, 0.15) is 5.84 Å². The molecule has 3 N–H and O–H groups in total. The number of nitrogens with one attached hydrogen (secondary N) is 1. The molecule has 0 aliphatic carbocycles. The molecular formula is C15H23N3O2. The van der Waals surface area contributed by atoms with E-state index in [1.165, 1.54) is 5.56 Å². The zero-order valence-electron chi connectivity index (χ0n) is 12.8. The van der Waals surface area contributed by atoms with Crippen molar-refractivity contribution in [3.63, 3.8) is 0 Å². The van der Waals surface area contributed by atoms with Gasteiger partial charge in [-0.25, -0.2) is 0 Å². The number of carbonyl (C=O) groups is 1. The number of carbonyl (C=O) groups excluding carboxylic acids is 1. The first-order valence-electron chi connectivity index (χ1n) is 6.53. The number of hydrogen-bond acceptors (Lipinski definition) is 3. The normalized spacial score (nSPS) is 12.2. The third kappa shape index (κ3) is 4.91. The van der Waals surface area contributed by atoms with Gasteiger partial charge in [0.2, 0.25) is 0 Å². The van der Waals surface area contributed by atoms with Crippen molar-refractivity contribution in [2.24, 2.45) is 16.3 Å². The molecule has 0 radical (unpaired) electrons. The van der Waals surface area contributed by atoms with Crippen molar-refractivity contribution in [2.45, 2.75) is 34.6 Å². The van der Waals surface area contributed by atoms with Crippen LogP contribution in [0.5, 0.6) is 0 Å². The van der Waals surface area contributed by atoms with E-state index in [9.17, 15) is 4.79 Å². The van der Waals surface area contributed by atoms with Crippen LogP contribution in [-0.4, -0.2) is 18.3 Å². The fourth-order valence-electron chi connectivity index (χ4n) is 1.31. The standard InChI is InChI=1S/C15H23N3O2/c1-10-6-7-12(8-11(10)2)17-13(19)9-20-18-14(16)15(3,4)5/h6-8H,9H2,1-5H3,(H2,16,18)(H,17,19). The Morgan fingerprint density at radius 1 is 1.30 bits per heavy atom. The lowest BCUT2D eigenvalue weighted by atomic mass is 9.96. The number of benzene rings is 1. The third-order valence-electron chi connectivity index (χ3n) is 2.92. The van der Waals surface area contributed by atoms with E-state index in [1.54, 1.807) is 0 Å². The molecule has 20 heavy (non-hydrogen) atoms. The summed E-state index contributed by atoms with van der Waals surface area (Å²) in [7, 11) is 0. The molecule has 0 heterocycles. The molecule has 0 atom stereocenters. The van der Waals surface area contributed by atoms with E-state index in [-0.39, 0.29) is 17.9 Å². The van der Waals surface area contributed by atoms with Crippen LogP contribution < -0.4 is 11.1 Å². The predicted octanol–water partition coefficient (Wildman–Crippen LogP) is 2.58. The second-order valence-electron chi connectivity index (χ2n) is 5.85. The number of amides is 1. The summed E-state index contributed by atoms with van der Waals surface area (Å²) in [5.74, 6) is 0.0928. The molecule has 0 fully saturated rings. The van der Waals surface area contributed by atoms with Crippen LogP contribution in [-0.2, 0) is 9.63 Å². The Balaban J connectivity index is 2.50. The average Bonchev–Trinajstić information content (AvgIpc) is 2.32. The molecule has 0 saturated heterocycles. The maximum absolute atomic E-state index is 11.7. The minimum Gasteiger partial charge on any atom is -0.384 e. The smallest absolute Gasteiger partial charge is 0.265 e. The molecule has 110 valence electrons. The van der Waals surface area contributed by atoms with E-state index in [2.05, 4.69) is 10.5 Å². The molecule has 0 spiro atoms. The molecule has 0 unspecified atom stereocenters. The van der Waals surface area contributed by atoms with Crippen molar-refractivity contribution in [1.82, 2.24) is 0 Å². The molecule has 5 nitrogen and oxygen atoms in total.